The number of ether oxygens (including phenoxy) is 1. The molecule has 0 saturated carbocycles. The second-order valence-electron chi connectivity index (χ2n) is 37.3. The molecular formula is C96H107F10N29O10S4. The van der Waals surface area contributed by atoms with Gasteiger partial charge in [0.25, 0.3) is 32.1 Å². The first-order valence-electron chi connectivity index (χ1n) is 47.7. The van der Waals surface area contributed by atoms with Gasteiger partial charge in [0.15, 0.2) is 28.2 Å². The molecule has 6 fully saturated rings. The topological polar surface area (TPSA) is 425 Å². The molecule has 6 aliphatic heterocycles. The second-order valence-corrected chi connectivity index (χ2v) is 45.2. The second kappa shape index (κ2) is 45.4. The van der Waals surface area contributed by atoms with Gasteiger partial charge in [0.2, 0.25) is 36.0 Å². The summed E-state index contributed by atoms with van der Waals surface area (Å²) in [5.41, 5.74) is 9.33. The molecule has 3 atom stereocenters. The van der Waals surface area contributed by atoms with Crippen molar-refractivity contribution < 1.29 is 87.1 Å². The minimum atomic E-state index is -3.24. The maximum Gasteiger partial charge on any atom is 0.282 e. The summed E-state index contributed by atoms with van der Waals surface area (Å²) in [6, 6.07) is 32.6. The van der Waals surface area contributed by atoms with Crippen LogP contribution in [0.2, 0.25) is 0 Å². The van der Waals surface area contributed by atoms with Crippen LogP contribution in [0.25, 0.3) is 84.8 Å². The highest BCUT2D eigenvalue weighted by Gasteiger charge is 2.51. The number of alkyl halides is 10. The average Bonchev–Trinajstić information content (AvgIpc) is 1.69. The van der Waals surface area contributed by atoms with E-state index in [0.29, 0.717) is 158 Å². The maximum absolute atomic E-state index is 13.1. The Hall–Kier alpha value is -13.7. The van der Waals surface area contributed by atoms with E-state index in [1.807, 2.05) is 65.3 Å². The first kappa shape index (κ1) is 107. The number of pyridine rings is 5. The number of imidazole rings is 5. The lowest BCUT2D eigenvalue weighted by molar-refractivity contribution is -0.129. The molecular weight excluding hydrogens is 2040 g/mol. The minimum absolute atomic E-state index is 0.0803. The predicted octanol–water partition coefficient (Wildman–Crippen LogP) is 12.7. The SMILES string of the molecule is CC(=O)N1CCN(c2ccnc(-c3cnc4ccc(C(F)F)nn34)c2)CC1.CS(=O)(=O)CCC1CCCN(c2cc(-c3cnc4ccc(C(F)F)nn34)ccn2)C1.CS(=O)(=O)N1CC2(CN(c3cc(-c4cnc5ccc(C(F)F)nn45)ccn3)CCO2)C1.CS(=O)(=O)NCC1CCCN(c2ccnc(-c3cnc4ccc(C(F)F)nn34)c2)C1.Cc1cc(-c2cnc3ccc(C(F)F)nn23)cc(N2CCCC(CNS(C)(=O)=O)C2)n1. The van der Waals surface area contributed by atoms with Gasteiger partial charge in [-0.15, -0.1) is 0 Å². The third-order valence-corrected chi connectivity index (χ3v) is 29.7. The average molecular weight is 2150 g/mol. The van der Waals surface area contributed by atoms with Gasteiger partial charge in [0.05, 0.1) is 97.1 Å². The number of sulfone groups is 1. The van der Waals surface area contributed by atoms with Crippen molar-refractivity contribution in [1.82, 2.24) is 117 Å². The van der Waals surface area contributed by atoms with Crippen LogP contribution < -0.4 is 33.9 Å². The summed E-state index contributed by atoms with van der Waals surface area (Å²) in [5.74, 6) is 3.19. The third kappa shape index (κ3) is 26.4. The summed E-state index contributed by atoms with van der Waals surface area (Å²) >= 11 is 0. The summed E-state index contributed by atoms with van der Waals surface area (Å²) < 4.78 is 242. The molecule has 0 radical (unpaired) electrons. The van der Waals surface area contributed by atoms with Gasteiger partial charge in [-0.3, -0.25) is 14.8 Å². The number of piperazine rings is 1. The van der Waals surface area contributed by atoms with Crippen LogP contribution in [0.1, 0.15) is 118 Å². The number of amides is 1. The van der Waals surface area contributed by atoms with Crippen molar-refractivity contribution >= 4 is 103 Å². The summed E-state index contributed by atoms with van der Waals surface area (Å²) in [5, 5.41) is 20.1. The number of aromatic nitrogens is 20. The number of nitrogens with one attached hydrogen (secondary N) is 2. The molecule has 1 spiro atoms. The molecule has 6 aliphatic rings. The molecule has 53 heteroatoms. The van der Waals surface area contributed by atoms with Crippen molar-refractivity contribution in [3.63, 3.8) is 0 Å². The largest absolute Gasteiger partial charge is 0.371 e. The van der Waals surface area contributed by atoms with E-state index < -0.39 is 77.6 Å². The minimum Gasteiger partial charge on any atom is -0.371 e. The number of sulfonamides is 3. The Morgan fingerprint density at radius 3 is 1.18 bits per heavy atom. The van der Waals surface area contributed by atoms with Crippen LogP contribution in [0.15, 0.2) is 177 Å². The lowest BCUT2D eigenvalue weighted by Gasteiger charge is -2.52. The zero-order valence-corrected chi connectivity index (χ0v) is 84.9. The van der Waals surface area contributed by atoms with Gasteiger partial charge >= 0.3 is 0 Å². The molecule has 149 heavy (non-hydrogen) atoms. The maximum atomic E-state index is 13.1. The Kier molecular flexibility index (Phi) is 32.4. The van der Waals surface area contributed by atoms with E-state index in [0.717, 1.165) is 136 Å². The summed E-state index contributed by atoms with van der Waals surface area (Å²) in [6.45, 7) is 13.9. The van der Waals surface area contributed by atoms with Crippen molar-refractivity contribution in [2.24, 2.45) is 17.8 Å². The predicted molar refractivity (Wildman–Crippen MR) is 537 cm³/mol. The molecule has 3 unspecified atom stereocenters. The van der Waals surface area contributed by atoms with Gasteiger partial charge in [-0.25, -0.2) is 149 Å². The zero-order valence-electron chi connectivity index (χ0n) is 81.6. The molecule has 790 valence electrons. The standard InChI is InChI=1S/C20H24F2N6O2S.C20H23F2N5O2S.C19H20F2N6O3S.C19H22F2N6O2S.C18H18F2N6O/c1-13-8-15(17-11-23-18-6-5-16(20(21)22)26-28(17)18)9-19(25-13)27-7-3-4-14(12-27)10-24-31(2,29)30;1-30(28,29)10-7-14-3-2-9-26(13-14)19-11-15(6-8-23-19)17-12-24-18-5-4-16(20(21)22)25-27(17)18;1-31(28,29)26-11-19(12-26)10-25(6-7-30-19)17-8-13(4-5-22-17)15-9-23-16-3-2-14(18(20)21)24-27(15)16;1-30(28,29)24-10-13-3-2-8-26(12-13)14-6-7-22-16(9-14)17-11-23-18-5-4-15(19(20)21)25-27(17)18;1-12(27)24-6-8-25(9-7-24)13-4-5-21-15(10-13)16-11-22-17-3-2-14(18(19)20)23-26(16)17/h5-6,8-9,11,14,20,24H,3-4,7,10,12H2,1-2H3;4-6,8,11-12,14,20H,2-3,7,9-10,13H2,1H3;2-5,8-9,18H,6-7,10-12H2,1H3;4-7,9,11,13,19,24H,2-3,8,10,12H2,1H3;2-5,10-11,18H,6-9H2,1H3. The molecule has 15 aromatic rings. The van der Waals surface area contributed by atoms with Crippen LogP contribution in [-0.2, 0) is 49.4 Å². The Morgan fingerprint density at radius 2 is 0.765 bits per heavy atom. The molecule has 21 rings (SSSR count). The van der Waals surface area contributed by atoms with Gasteiger partial charge in [-0.2, -0.15) is 29.8 Å². The lowest BCUT2D eigenvalue weighted by Crippen LogP contribution is -2.71. The number of carbonyl (C=O) groups is 1. The number of piperidine rings is 3. The van der Waals surface area contributed by atoms with Crippen LogP contribution in [-0.4, -0.2) is 294 Å². The summed E-state index contributed by atoms with van der Waals surface area (Å²) in [4.78, 5) is 67.6. The van der Waals surface area contributed by atoms with Crippen molar-refractivity contribution in [1.29, 1.82) is 0 Å². The fourth-order valence-corrected chi connectivity index (χ4v) is 21.4. The number of anilines is 5. The molecule has 6 saturated heterocycles. The zero-order chi connectivity index (χ0) is 106. The van der Waals surface area contributed by atoms with Crippen molar-refractivity contribution in [3.05, 3.63) is 211 Å². The first-order chi connectivity index (χ1) is 71.1. The normalized spacial score (nSPS) is 17.5. The van der Waals surface area contributed by atoms with Crippen molar-refractivity contribution in [2.45, 2.75) is 96.5 Å². The van der Waals surface area contributed by atoms with Gasteiger partial charge < -0.3 is 34.1 Å². The third-order valence-electron chi connectivity index (χ3n) is 26.2. The number of aryl methyl sites for hydroxylation is 1. The number of carbonyl (C=O) groups excluding carboxylic acids is 1. The van der Waals surface area contributed by atoms with Gasteiger partial charge in [0, 0.05) is 170 Å². The molecule has 1 amide bonds. The lowest BCUT2D eigenvalue weighted by atomic mass is 9.94. The molecule has 21 heterocycles. The van der Waals surface area contributed by atoms with Gasteiger partial charge in [-0.05, 0) is 191 Å². The first-order valence-corrected chi connectivity index (χ1v) is 55.4. The van der Waals surface area contributed by atoms with Crippen molar-refractivity contribution in [3.8, 4) is 56.5 Å². The Morgan fingerprint density at radius 1 is 0.396 bits per heavy atom. The van der Waals surface area contributed by atoms with Crippen LogP contribution in [0.5, 0.6) is 0 Å². The van der Waals surface area contributed by atoms with Crippen molar-refractivity contribution in [2.75, 3.05) is 167 Å². The quantitative estimate of drug-likeness (QED) is 0.0502. The van der Waals surface area contributed by atoms with E-state index in [1.165, 1.54) is 100 Å². The Balaban J connectivity index is 0.000000127. The number of fused-ring (bicyclic) bond motifs is 5. The number of hydrogen-bond donors (Lipinski definition) is 2. The van der Waals surface area contributed by atoms with Crippen LogP contribution in [0.4, 0.5) is 72.7 Å². The van der Waals surface area contributed by atoms with Crippen LogP contribution >= 0.6 is 0 Å². The Bertz CT molecular complexity index is 7640. The van der Waals surface area contributed by atoms with Crippen LogP contribution in [0.3, 0.4) is 0 Å². The summed E-state index contributed by atoms with van der Waals surface area (Å²) in [6.07, 6.45) is 12.5. The number of hydrogen-bond acceptors (Lipinski definition) is 30. The van der Waals surface area contributed by atoms with E-state index in [-0.39, 0.29) is 52.0 Å². The monoisotopic (exact) mass is 2140 g/mol. The molecule has 0 aromatic carbocycles. The molecule has 0 bridgehead atoms. The van der Waals surface area contributed by atoms with Crippen LogP contribution in [0, 0.1) is 24.7 Å². The molecule has 39 nitrogen and oxygen atoms in total. The highest BCUT2D eigenvalue weighted by atomic mass is 32.2. The number of halogens is 10. The molecule has 15 aromatic heterocycles. The molecule has 0 aliphatic carbocycles. The van der Waals surface area contributed by atoms with Gasteiger partial charge in [-0.1, -0.05) is 0 Å². The smallest absolute Gasteiger partial charge is 0.282 e. The molecule has 2 N–H and O–H groups in total. The highest BCUT2D eigenvalue weighted by molar-refractivity contribution is 7.90. The van der Waals surface area contributed by atoms with E-state index in [4.69, 9.17) is 4.74 Å². The summed E-state index contributed by atoms with van der Waals surface area (Å²) in [7, 11) is -12.7. The van der Waals surface area contributed by atoms with E-state index in [1.54, 1.807) is 74.8 Å². The fourth-order valence-electron chi connectivity index (χ4n) is 18.6. The number of morpholine rings is 1. The van der Waals surface area contributed by atoms with Gasteiger partial charge in [0.1, 0.15) is 72.7 Å². The fraction of sp³-hybridized carbons (Fsp3) is 0.417. The number of rotatable bonds is 25. The van der Waals surface area contributed by atoms with E-state index >= 15 is 0 Å². The number of nitrogens with zero attached hydrogens (tertiary/aromatic N) is 27. The Labute approximate surface area is 850 Å². The highest BCUT2D eigenvalue weighted by Crippen LogP contribution is 2.38. The van der Waals surface area contributed by atoms with E-state index in [2.05, 4.69) is 104 Å². The van der Waals surface area contributed by atoms with E-state index in [9.17, 15) is 82.4 Å².